The molecule has 6 nitrogen and oxygen atoms in total. The molecule has 2 atom stereocenters. The molecule has 0 spiro atoms. The van der Waals surface area contributed by atoms with Crippen LogP contribution in [0.2, 0.25) is 0 Å². The Morgan fingerprint density at radius 3 is 2.56 bits per heavy atom. The monoisotopic (exact) mass is 462 g/mol. The minimum Gasteiger partial charge on any atom is -0.349 e. The predicted molar refractivity (Wildman–Crippen MR) is 130 cm³/mol. The van der Waals surface area contributed by atoms with E-state index < -0.39 is 6.04 Å². The van der Waals surface area contributed by atoms with E-state index in [1.165, 1.54) is 0 Å². The van der Waals surface area contributed by atoms with Crippen LogP contribution < -0.4 is 10.6 Å². The summed E-state index contributed by atoms with van der Waals surface area (Å²) in [5, 5.41) is 6.12. The number of amides is 1. The fourth-order valence-corrected chi connectivity index (χ4v) is 4.50. The van der Waals surface area contributed by atoms with Crippen molar-refractivity contribution in [1.29, 1.82) is 0 Å². The molecule has 0 bridgehead atoms. The number of carbonyl (C=O) groups excluding carboxylic acids is 2. The van der Waals surface area contributed by atoms with E-state index in [0.717, 1.165) is 13.0 Å². The highest BCUT2D eigenvalue weighted by molar-refractivity contribution is 5.93. The molecule has 2 unspecified atom stereocenters. The Bertz CT molecular complexity index is 1120. The summed E-state index contributed by atoms with van der Waals surface area (Å²) in [6, 6.07) is 11.4. The number of benzene rings is 2. The molecule has 1 fully saturated rings. The van der Waals surface area contributed by atoms with E-state index in [2.05, 4.69) is 20.6 Å². The molecule has 34 heavy (non-hydrogen) atoms. The van der Waals surface area contributed by atoms with Crippen LogP contribution in [0.1, 0.15) is 62.0 Å². The van der Waals surface area contributed by atoms with Crippen LogP contribution in [-0.4, -0.2) is 34.2 Å². The maximum atomic E-state index is 15.9. The quantitative estimate of drug-likeness (QED) is 0.439. The molecule has 0 saturated carbocycles. The molecule has 1 aliphatic heterocycles. The van der Waals surface area contributed by atoms with Crippen molar-refractivity contribution in [3.05, 3.63) is 77.6 Å². The SMILES string of the molecule is CC(C)c1ccc(C(NC(=O)C2CCCN2)C(=O)CCc2ncc[nH]2)c(-c2ccccc2)c1F. The second kappa shape index (κ2) is 10.7. The van der Waals surface area contributed by atoms with Crippen molar-refractivity contribution < 1.29 is 14.0 Å². The van der Waals surface area contributed by atoms with Crippen LogP contribution in [0.25, 0.3) is 11.1 Å². The van der Waals surface area contributed by atoms with E-state index in [1.54, 1.807) is 24.5 Å². The van der Waals surface area contributed by atoms with Gasteiger partial charge in [-0.25, -0.2) is 9.37 Å². The normalized spacial score (nSPS) is 16.5. The van der Waals surface area contributed by atoms with Gasteiger partial charge in [-0.3, -0.25) is 9.59 Å². The van der Waals surface area contributed by atoms with Crippen molar-refractivity contribution in [1.82, 2.24) is 20.6 Å². The van der Waals surface area contributed by atoms with E-state index in [1.807, 2.05) is 44.2 Å². The van der Waals surface area contributed by atoms with Crippen molar-refractivity contribution in [2.24, 2.45) is 0 Å². The van der Waals surface area contributed by atoms with Gasteiger partial charge in [0.2, 0.25) is 5.91 Å². The number of imidazole rings is 1. The molecule has 1 aromatic heterocycles. The first kappa shape index (κ1) is 23.8. The molecule has 3 N–H and O–H groups in total. The van der Waals surface area contributed by atoms with Crippen LogP contribution >= 0.6 is 0 Å². The minimum absolute atomic E-state index is 0.0260. The third-order valence-corrected chi connectivity index (χ3v) is 6.35. The number of carbonyl (C=O) groups is 2. The molecule has 7 heteroatoms. The largest absolute Gasteiger partial charge is 0.349 e. The molecule has 0 radical (unpaired) electrons. The van der Waals surface area contributed by atoms with Gasteiger partial charge in [-0.15, -0.1) is 0 Å². The Morgan fingerprint density at radius 1 is 1.15 bits per heavy atom. The summed E-state index contributed by atoms with van der Waals surface area (Å²) in [4.78, 5) is 33.7. The molecule has 2 aromatic carbocycles. The number of H-pyrrole nitrogens is 1. The molecule has 3 aromatic rings. The summed E-state index contributed by atoms with van der Waals surface area (Å²) >= 11 is 0. The third-order valence-electron chi connectivity index (χ3n) is 6.35. The van der Waals surface area contributed by atoms with Crippen LogP contribution in [0.3, 0.4) is 0 Å². The summed E-state index contributed by atoms with van der Waals surface area (Å²) in [7, 11) is 0. The van der Waals surface area contributed by atoms with E-state index in [-0.39, 0.29) is 35.9 Å². The number of nitrogens with one attached hydrogen (secondary N) is 3. The topological polar surface area (TPSA) is 86.9 Å². The first-order chi connectivity index (χ1) is 16.5. The molecule has 2 heterocycles. The lowest BCUT2D eigenvalue weighted by Crippen LogP contribution is -2.44. The highest BCUT2D eigenvalue weighted by Crippen LogP contribution is 2.36. The summed E-state index contributed by atoms with van der Waals surface area (Å²) in [5.74, 6) is -0.101. The average Bonchev–Trinajstić information content (AvgIpc) is 3.55. The zero-order valence-corrected chi connectivity index (χ0v) is 19.6. The number of aromatic amines is 1. The fraction of sp³-hybridized carbons (Fsp3) is 0.370. The van der Waals surface area contributed by atoms with Gasteiger partial charge in [0.05, 0.1) is 6.04 Å². The lowest BCUT2D eigenvalue weighted by Gasteiger charge is -2.24. The highest BCUT2D eigenvalue weighted by atomic mass is 19.1. The number of Topliss-reactive ketones (excluding diaryl/α,β-unsaturated/α-hetero) is 1. The second-order valence-corrected chi connectivity index (χ2v) is 9.05. The van der Waals surface area contributed by atoms with Gasteiger partial charge in [0.15, 0.2) is 5.78 Å². The zero-order chi connectivity index (χ0) is 24.1. The summed E-state index contributed by atoms with van der Waals surface area (Å²) in [5.41, 5.74) is 2.09. The Labute approximate surface area is 199 Å². The standard InChI is InChI=1S/C27H31FN4O2/c1-17(2)19-10-11-20(24(25(19)28)18-7-4-3-5-8-18)26(32-27(34)21-9-6-14-29-21)22(33)12-13-23-30-15-16-31-23/h3-5,7-8,10-11,15-17,21,26,29H,6,9,12-14H2,1-2H3,(H,30,31)(H,32,34). The van der Waals surface area contributed by atoms with Crippen LogP contribution in [0.5, 0.6) is 0 Å². The predicted octanol–water partition coefficient (Wildman–Crippen LogP) is 4.45. The Balaban J connectivity index is 1.75. The van der Waals surface area contributed by atoms with Gasteiger partial charge < -0.3 is 15.6 Å². The number of aromatic nitrogens is 2. The van der Waals surface area contributed by atoms with E-state index in [9.17, 15) is 9.59 Å². The highest BCUT2D eigenvalue weighted by Gasteiger charge is 2.31. The molecule has 1 amide bonds. The average molecular weight is 463 g/mol. The van der Waals surface area contributed by atoms with Crippen molar-refractivity contribution in [2.75, 3.05) is 6.54 Å². The van der Waals surface area contributed by atoms with Crippen LogP contribution in [0.15, 0.2) is 54.9 Å². The molecule has 178 valence electrons. The molecular formula is C27H31FN4O2. The third kappa shape index (κ3) is 5.25. The van der Waals surface area contributed by atoms with Gasteiger partial charge in [0, 0.05) is 30.8 Å². The summed E-state index contributed by atoms with van der Waals surface area (Å²) in [6.45, 7) is 4.64. The first-order valence-corrected chi connectivity index (χ1v) is 11.9. The Morgan fingerprint density at radius 2 is 1.91 bits per heavy atom. The molecule has 1 aliphatic rings. The van der Waals surface area contributed by atoms with Crippen molar-refractivity contribution >= 4 is 11.7 Å². The van der Waals surface area contributed by atoms with Gasteiger partial charge in [-0.2, -0.15) is 0 Å². The van der Waals surface area contributed by atoms with Crippen molar-refractivity contribution in [3.8, 4) is 11.1 Å². The first-order valence-electron chi connectivity index (χ1n) is 11.9. The van der Waals surface area contributed by atoms with Gasteiger partial charge in [0.1, 0.15) is 17.7 Å². The van der Waals surface area contributed by atoms with Crippen LogP contribution in [0.4, 0.5) is 4.39 Å². The van der Waals surface area contributed by atoms with Gasteiger partial charge in [-0.05, 0) is 42.0 Å². The lowest BCUT2D eigenvalue weighted by molar-refractivity contribution is -0.129. The number of halogens is 1. The smallest absolute Gasteiger partial charge is 0.237 e. The molecule has 0 aliphatic carbocycles. The molecule has 1 saturated heterocycles. The number of hydrogen-bond donors (Lipinski definition) is 3. The zero-order valence-electron chi connectivity index (χ0n) is 19.6. The van der Waals surface area contributed by atoms with Gasteiger partial charge in [0.25, 0.3) is 0 Å². The number of nitrogens with zero attached hydrogens (tertiary/aromatic N) is 1. The summed E-state index contributed by atoms with van der Waals surface area (Å²) in [6.07, 6.45) is 5.54. The van der Waals surface area contributed by atoms with Crippen molar-refractivity contribution in [3.63, 3.8) is 0 Å². The molecule has 4 rings (SSSR count). The minimum atomic E-state index is -0.962. The Kier molecular flexibility index (Phi) is 7.53. The number of aryl methyl sites for hydroxylation is 1. The van der Waals surface area contributed by atoms with E-state index in [4.69, 9.17) is 0 Å². The lowest BCUT2D eigenvalue weighted by atomic mass is 9.87. The van der Waals surface area contributed by atoms with Crippen LogP contribution in [0, 0.1) is 5.82 Å². The number of hydrogen-bond acceptors (Lipinski definition) is 4. The van der Waals surface area contributed by atoms with Gasteiger partial charge in [-0.1, -0.05) is 56.3 Å². The maximum absolute atomic E-state index is 15.9. The van der Waals surface area contributed by atoms with Gasteiger partial charge >= 0.3 is 0 Å². The fourth-order valence-electron chi connectivity index (χ4n) is 4.50. The number of rotatable bonds is 9. The van der Waals surface area contributed by atoms with Crippen LogP contribution in [-0.2, 0) is 16.0 Å². The second-order valence-electron chi connectivity index (χ2n) is 9.05. The maximum Gasteiger partial charge on any atom is 0.237 e. The Hall–Kier alpha value is -3.32. The summed E-state index contributed by atoms with van der Waals surface area (Å²) < 4.78 is 15.9. The van der Waals surface area contributed by atoms with Crippen molar-refractivity contribution in [2.45, 2.75) is 57.5 Å². The van der Waals surface area contributed by atoms with E-state index in [0.29, 0.717) is 40.9 Å². The van der Waals surface area contributed by atoms with E-state index >= 15 is 4.39 Å². The molecular weight excluding hydrogens is 431 g/mol. The number of ketones is 1.